The zero-order chi connectivity index (χ0) is 8.55. The van der Waals surface area contributed by atoms with Crippen molar-refractivity contribution >= 4 is 16.6 Å². The molecule has 0 aliphatic carbocycles. The molecule has 0 saturated carbocycles. The molecule has 62 valence electrons. The number of fused-ring (bicyclic) bond motifs is 1. The maximum atomic E-state index is 9.01. The van der Waals surface area contributed by atoms with Gasteiger partial charge in [0.1, 0.15) is 0 Å². The summed E-state index contributed by atoms with van der Waals surface area (Å²) in [7, 11) is 0. The number of nitrogen functional groups attached to an aromatic ring is 1. The van der Waals surface area contributed by atoms with Crippen LogP contribution in [-0.4, -0.2) is 15.3 Å². The number of aromatic nitrogens is 2. The number of hydrogen-bond acceptors (Lipinski definition) is 3. The molecule has 4 heteroatoms. The van der Waals surface area contributed by atoms with Crippen LogP contribution in [-0.2, 0) is 6.61 Å². The Morgan fingerprint density at radius 1 is 1.50 bits per heavy atom. The Kier molecular flexibility index (Phi) is 1.48. The predicted octanol–water partition coefficient (Wildman–Crippen LogP) is 0.637. The summed E-state index contributed by atoms with van der Waals surface area (Å²) >= 11 is 0. The minimum absolute atomic E-state index is 0.0641. The number of anilines is 1. The number of hydrogen-bond donors (Lipinski definition) is 3. The van der Waals surface area contributed by atoms with Gasteiger partial charge in [0.25, 0.3) is 0 Å². The van der Waals surface area contributed by atoms with Gasteiger partial charge in [0, 0.05) is 16.6 Å². The molecular formula is C8H9N3O. The number of nitrogens with two attached hydrogens (primary N) is 1. The Labute approximate surface area is 69.0 Å². The Hall–Kier alpha value is -1.55. The lowest BCUT2D eigenvalue weighted by molar-refractivity contribution is 0.284. The van der Waals surface area contributed by atoms with Crippen molar-refractivity contribution in [3.05, 3.63) is 23.9 Å². The van der Waals surface area contributed by atoms with Gasteiger partial charge >= 0.3 is 0 Å². The minimum atomic E-state index is -0.0641. The maximum Gasteiger partial charge on any atom is 0.0726 e. The molecule has 0 spiro atoms. The number of aromatic amines is 1. The fourth-order valence-electron chi connectivity index (χ4n) is 1.26. The number of rotatable bonds is 1. The highest BCUT2D eigenvalue weighted by Crippen LogP contribution is 2.21. The van der Waals surface area contributed by atoms with Gasteiger partial charge in [-0.15, -0.1) is 0 Å². The van der Waals surface area contributed by atoms with Gasteiger partial charge in [0.05, 0.1) is 18.3 Å². The summed E-state index contributed by atoms with van der Waals surface area (Å²) in [5.74, 6) is 0. The molecule has 4 nitrogen and oxygen atoms in total. The van der Waals surface area contributed by atoms with E-state index >= 15 is 0 Å². The Balaban J connectivity index is 2.83. The largest absolute Gasteiger partial charge is 0.398 e. The van der Waals surface area contributed by atoms with Crippen molar-refractivity contribution in [3.8, 4) is 0 Å². The quantitative estimate of drug-likeness (QED) is 0.540. The number of H-pyrrole nitrogens is 1. The number of aliphatic hydroxyl groups is 1. The highest BCUT2D eigenvalue weighted by atomic mass is 16.3. The third-order valence-electron chi connectivity index (χ3n) is 1.92. The summed E-state index contributed by atoms with van der Waals surface area (Å²) in [5.41, 5.74) is 7.77. The van der Waals surface area contributed by atoms with E-state index in [1.807, 2.05) is 6.07 Å². The molecule has 1 heterocycles. The Morgan fingerprint density at radius 2 is 2.33 bits per heavy atom. The smallest absolute Gasteiger partial charge is 0.0726 e. The predicted molar refractivity (Wildman–Crippen MR) is 46.4 cm³/mol. The molecule has 0 radical (unpaired) electrons. The lowest BCUT2D eigenvalue weighted by Gasteiger charge is -2.01. The summed E-state index contributed by atoms with van der Waals surface area (Å²) in [6.45, 7) is -0.0641. The molecular weight excluding hydrogens is 154 g/mol. The van der Waals surface area contributed by atoms with Crippen LogP contribution in [0.1, 0.15) is 5.56 Å². The zero-order valence-electron chi connectivity index (χ0n) is 6.41. The average Bonchev–Trinajstić information content (AvgIpc) is 2.52. The topological polar surface area (TPSA) is 74.9 Å². The highest BCUT2D eigenvalue weighted by Gasteiger charge is 2.04. The van der Waals surface area contributed by atoms with E-state index in [-0.39, 0.29) is 6.61 Å². The van der Waals surface area contributed by atoms with Crippen molar-refractivity contribution in [2.24, 2.45) is 0 Å². The first-order chi connectivity index (χ1) is 5.83. The summed E-state index contributed by atoms with van der Waals surface area (Å²) in [5, 5.41) is 16.6. The van der Waals surface area contributed by atoms with Gasteiger partial charge in [-0.25, -0.2) is 0 Å². The van der Waals surface area contributed by atoms with Gasteiger partial charge in [-0.2, -0.15) is 5.10 Å². The zero-order valence-corrected chi connectivity index (χ0v) is 6.41. The molecule has 2 aromatic rings. The summed E-state index contributed by atoms with van der Waals surface area (Å²) in [4.78, 5) is 0. The molecule has 0 amide bonds. The van der Waals surface area contributed by atoms with Crippen molar-refractivity contribution in [2.45, 2.75) is 6.61 Å². The van der Waals surface area contributed by atoms with E-state index < -0.39 is 0 Å². The molecule has 0 atom stereocenters. The van der Waals surface area contributed by atoms with Crippen LogP contribution in [0.2, 0.25) is 0 Å². The fraction of sp³-hybridized carbons (Fsp3) is 0.125. The van der Waals surface area contributed by atoms with Crippen LogP contribution in [0.25, 0.3) is 10.9 Å². The number of nitrogens with one attached hydrogen (secondary N) is 1. The van der Waals surface area contributed by atoms with Crippen LogP contribution in [0.4, 0.5) is 5.69 Å². The van der Waals surface area contributed by atoms with E-state index in [1.54, 1.807) is 12.3 Å². The molecule has 0 saturated heterocycles. The lowest BCUT2D eigenvalue weighted by Crippen LogP contribution is -1.94. The molecule has 1 aromatic heterocycles. The third kappa shape index (κ3) is 0.853. The van der Waals surface area contributed by atoms with Gasteiger partial charge in [-0.3, -0.25) is 5.10 Å². The molecule has 0 aliphatic rings. The van der Waals surface area contributed by atoms with E-state index in [0.717, 1.165) is 10.9 Å². The van der Waals surface area contributed by atoms with E-state index in [0.29, 0.717) is 11.3 Å². The number of benzene rings is 1. The summed E-state index contributed by atoms with van der Waals surface area (Å²) in [6.07, 6.45) is 1.70. The standard InChI is InChI=1S/C8H9N3O/c9-7-2-1-5-3-10-11-8(5)6(7)4-12/h1-3,12H,4,9H2,(H,10,11). The van der Waals surface area contributed by atoms with E-state index in [1.165, 1.54) is 0 Å². The van der Waals surface area contributed by atoms with Crippen LogP contribution < -0.4 is 5.73 Å². The Bertz CT molecular complexity index is 408. The molecule has 1 aromatic carbocycles. The van der Waals surface area contributed by atoms with Gasteiger partial charge in [-0.05, 0) is 12.1 Å². The van der Waals surface area contributed by atoms with E-state index in [2.05, 4.69) is 10.2 Å². The molecule has 0 aliphatic heterocycles. The second-order valence-corrected chi connectivity index (χ2v) is 2.63. The van der Waals surface area contributed by atoms with Crippen molar-refractivity contribution in [1.29, 1.82) is 0 Å². The molecule has 0 fully saturated rings. The maximum absolute atomic E-state index is 9.01. The Morgan fingerprint density at radius 3 is 3.08 bits per heavy atom. The first-order valence-electron chi connectivity index (χ1n) is 3.64. The van der Waals surface area contributed by atoms with Crippen LogP contribution in [0.15, 0.2) is 18.3 Å². The number of nitrogens with zero attached hydrogens (tertiary/aromatic N) is 1. The van der Waals surface area contributed by atoms with E-state index in [4.69, 9.17) is 10.8 Å². The van der Waals surface area contributed by atoms with E-state index in [9.17, 15) is 0 Å². The van der Waals surface area contributed by atoms with Crippen LogP contribution in [0.3, 0.4) is 0 Å². The third-order valence-corrected chi connectivity index (χ3v) is 1.92. The molecule has 12 heavy (non-hydrogen) atoms. The summed E-state index contributed by atoms with van der Waals surface area (Å²) in [6, 6.07) is 3.64. The van der Waals surface area contributed by atoms with Crippen LogP contribution in [0.5, 0.6) is 0 Å². The van der Waals surface area contributed by atoms with Gasteiger partial charge in [-0.1, -0.05) is 0 Å². The molecule has 2 rings (SSSR count). The molecule has 0 unspecified atom stereocenters. The monoisotopic (exact) mass is 163 g/mol. The highest BCUT2D eigenvalue weighted by molar-refractivity contribution is 5.85. The molecule has 4 N–H and O–H groups in total. The van der Waals surface area contributed by atoms with Crippen LogP contribution >= 0.6 is 0 Å². The van der Waals surface area contributed by atoms with Crippen molar-refractivity contribution < 1.29 is 5.11 Å². The first kappa shape index (κ1) is 7.12. The second-order valence-electron chi connectivity index (χ2n) is 2.63. The van der Waals surface area contributed by atoms with Crippen molar-refractivity contribution in [2.75, 3.05) is 5.73 Å². The molecule has 0 bridgehead atoms. The average molecular weight is 163 g/mol. The minimum Gasteiger partial charge on any atom is -0.398 e. The normalized spacial score (nSPS) is 10.8. The second kappa shape index (κ2) is 2.49. The SMILES string of the molecule is Nc1ccc2cn[nH]c2c1CO. The number of aliphatic hydroxyl groups excluding tert-OH is 1. The fourth-order valence-corrected chi connectivity index (χ4v) is 1.26. The first-order valence-corrected chi connectivity index (χ1v) is 3.64. The van der Waals surface area contributed by atoms with Crippen molar-refractivity contribution in [1.82, 2.24) is 10.2 Å². The van der Waals surface area contributed by atoms with Crippen LogP contribution in [0, 0.1) is 0 Å². The summed E-state index contributed by atoms with van der Waals surface area (Å²) < 4.78 is 0. The van der Waals surface area contributed by atoms with Gasteiger partial charge in [0.2, 0.25) is 0 Å². The van der Waals surface area contributed by atoms with Gasteiger partial charge < -0.3 is 10.8 Å². The van der Waals surface area contributed by atoms with Crippen molar-refractivity contribution in [3.63, 3.8) is 0 Å². The van der Waals surface area contributed by atoms with Gasteiger partial charge in [0.15, 0.2) is 0 Å². The lowest BCUT2D eigenvalue weighted by atomic mass is 10.1.